The van der Waals surface area contributed by atoms with E-state index in [1.54, 1.807) is 0 Å². The minimum atomic E-state index is -4.28. The highest BCUT2D eigenvalue weighted by Crippen LogP contribution is 2.11. The van der Waals surface area contributed by atoms with E-state index in [4.69, 9.17) is 0 Å². The van der Waals surface area contributed by atoms with Crippen molar-refractivity contribution in [2.24, 2.45) is 0 Å². The molecule has 0 aliphatic heterocycles. The number of likely N-dealkylation sites (N-methyl/N-ethyl adjacent to an activating group) is 1. The van der Waals surface area contributed by atoms with Gasteiger partial charge in [0.15, 0.2) is 0 Å². The first-order valence-corrected chi connectivity index (χ1v) is 6.00. The van der Waals surface area contributed by atoms with Crippen molar-refractivity contribution < 1.29 is 18.0 Å². The van der Waals surface area contributed by atoms with Gasteiger partial charge in [-0.05, 0) is 20.4 Å². The van der Waals surface area contributed by atoms with Crippen molar-refractivity contribution in [3.05, 3.63) is 0 Å². The lowest BCUT2D eigenvalue weighted by Gasteiger charge is -2.23. The summed E-state index contributed by atoms with van der Waals surface area (Å²) in [6, 6.07) is 0.422. The first-order valence-electron chi connectivity index (χ1n) is 6.00. The summed E-state index contributed by atoms with van der Waals surface area (Å²) in [6.07, 6.45) is -3.27. The third-order valence-corrected chi connectivity index (χ3v) is 2.74. The van der Waals surface area contributed by atoms with E-state index in [0.717, 1.165) is 6.42 Å². The molecular weight excluding hydrogens is 247 g/mol. The van der Waals surface area contributed by atoms with Gasteiger partial charge < -0.3 is 15.5 Å². The molecule has 0 aromatic rings. The molecule has 0 saturated carbocycles. The van der Waals surface area contributed by atoms with Crippen molar-refractivity contribution in [3.63, 3.8) is 0 Å². The van der Waals surface area contributed by atoms with Crippen LogP contribution < -0.4 is 10.6 Å². The van der Waals surface area contributed by atoms with E-state index in [2.05, 4.69) is 24.1 Å². The molecule has 7 heteroatoms. The monoisotopic (exact) mass is 269 g/mol. The zero-order chi connectivity index (χ0) is 14.2. The van der Waals surface area contributed by atoms with Gasteiger partial charge in [0.05, 0.1) is 13.1 Å². The SMILES string of the molecule is CCC(C)N(C)CCNC(=O)CNCC(F)(F)F. The number of nitrogens with zero attached hydrogens (tertiary/aromatic N) is 1. The third kappa shape index (κ3) is 9.23. The number of alkyl halides is 3. The van der Waals surface area contributed by atoms with Crippen LogP contribution in [0.15, 0.2) is 0 Å². The van der Waals surface area contributed by atoms with Gasteiger partial charge in [-0.2, -0.15) is 13.2 Å². The molecule has 0 aliphatic rings. The van der Waals surface area contributed by atoms with Crippen LogP contribution in [-0.4, -0.2) is 56.3 Å². The molecule has 0 heterocycles. The summed E-state index contributed by atoms with van der Waals surface area (Å²) in [5.74, 6) is -0.420. The molecule has 0 fully saturated rings. The second kappa shape index (κ2) is 8.31. The molecule has 4 nitrogen and oxygen atoms in total. The number of nitrogens with one attached hydrogen (secondary N) is 2. The molecule has 108 valence electrons. The number of hydrogen-bond acceptors (Lipinski definition) is 3. The molecule has 2 N–H and O–H groups in total. The Labute approximate surface area is 106 Å². The van der Waals surface area contributed by atoms with Gasteiger partial charge in [0, 0.05) is 19.1 Å². The summed E-state index contributed by atoms with van der Waals surface area (Å²) >= 11 is 0. The topological polar surface area (TPSA) is 44.4 Å². The maximum Gasteiger partial charge on any atom is 0.401 e. The van der Waals surface area contributed by atoms with E-state index in [0.29, 0.717) is 19.1 Å². The Hall–Kier alpha value is -0.820. The summed E-state index contributed by atoms with van der Waals surface area (Å²) in [7, 11) is 1.95. The van der Waals surface area contributed by atoms with Crippen LogP contribution in [0.5, 0.6) is 0 Å². The number of rotatable bonds is 8. The van der Waals surface area contributed by atoms with E-state index in [9.17, 15) is 18.0 Å². The summed E-state index contributed by atoms with van der Waals surface area (Å²) in [4.78, 5) is 13.3. The van der Waals surface area contributed by atoms with Gasteiger partial charge in [-0.3, -0.25) is 4.79 Å². The Morgan fingerprint density at radius 3 is 2.50 bits per heavy atom. The number of hydrogen-bond donors (Lipinski definition) is 2. The minimum absolute atomic E-state index is 0.313. The first kappa shape index (κ1) is 17.2. The lowest BCUT2D eigenvalue weighted by Crippen LogP contribution is -2.41. The molecule has 0 aliphatic carbocycles. The summed E-state index contributed by atoms with van der Waals surface area (Å²) in [5, 5.41) is 4.61. The zero-order valence-electron chi connectivity index (χ0n) is 11.1. The Bertz CT molecular complexity index is 246. The zero-order valence-corrected chi connectivity index (χ0v) is 11.1. The van der Waals surface area contributed by atoms with Crippen molar-refractivity contribution in [1.82, 2.24) is 15.5 Å². The number of carbonyl (C=O) groups excluding carboxylic acids is 1. The van der Waals surface area contributed by atoms with Crippen molar-refractivity contribution in [3.8, 4) is 0 Å². The number of halogens is 3. The van der Waals surface area contributed by atoms with Gasteiger partial charge >= 0.3 is 6.18 Å². The minimum Gasteiger partial charge on any atom is -0.354 e. The molecule has 1 amide bonds. The Morgan fingerprint density at radius 2 is 2.00 bits per heavy atom. The molecule has 1 unspecified atom stereocenters. The predicted molar refractivity (Wildman–Crippen MR) is 64.3 cm³/mol. The highest BCUT2D eigenvalue weighted by atomic mass is 19.4. The van der Waals surface area contributed by atoms with Crippen LogP contribution in [0.25, 0.3) is 0 Å². The van der Waals surface area contributed by atoms with Crippen LogP contribution in [0.2, 0.25) is 0 Å². The Morgan fingerprint density at radius 1 is 1.39 bits per heavy atom. The summed E-state index contributed by atoms with van der Waals surface area (Å²) < 4.78 is 35.4. The standard InChI is InChI=1S/C11H22F3N3O/c1-4-9(2)17(3)6-5-16-10(18)7-15-8-11(12,13)14/h9,15H,4-8H2,1-3H3,(H,16,18). The molecule has 0 aromatic carbocycles. The predicted octanol–water partition coefficient (Wildman–Crippen LogP) is 0.985. The number of carbonyl (C=O) groups is 1. The molecule has 0 rings (SSSR count). The molecule has 0 radical (unpaired) electrons. The van der Waals surface area contributed by atoms with Crippen LogP contribution in [-0.2, 0) is 4.79 Å². The van der Waals surface area contributed by atoms with Gasteiger partial charge in [0.2, 0.25) is 5.91 Å². The van der Waals surface area contributed by atoms with E-state index in [1.165, 1.54) is 0 Å². The van der Waals surface area contributed by atoms with Gasteiger partial charge in [0.1, 0.15) is 0 Å². The van der Waals surface area contributed by atoms with Crippen LogP contribution >= 0.6 is 0 Å². The normalized spacial score (nSPS) is 13.7. The molecule has 0 spiro atoms. The molecular formula is C11H22F3N3O. The summed E-state index contributed by atoms with van der Waals surface area (Å²) in [5.41, 5.74) is 0. The maximum atomic E-state index is 11.8. The maximum absolute atomic E-state index is 11.8. The fourth-order valence-electron chi connectivity index (χ4n) is 1.28. The van der Waals surface area contributed by atoms with Crippen molar-refractivity contribution in [1.29, 1.82) is 0 Å². The third-order valence-electron chi connectivity index (χ3n) is 2.74. The quantitative estimate of drug-likeness (QED) is 0.690. The van der Waals surface area contributed by atoms with Crippen LogP contribution in [0, 0.1) is 0 Å². The smallest absolute Gasteiger partial charge is 0.354 e. The van der Waals surface area contributed by atoms with E-state index < -0.39 is 18.6 Å². The molecule has 18 heavy (non-hydrogen) atoms. The second-order valence-electron chi connectivity index (χ2n) is 4.31. The fourth-order valence-corrected chi connectivity index (χ4v) is 1.28. The molecule has 0 bridgehead atoms. The Balaban J connectivity index is 3.60. The first-order chi connectivity index (χ1) is 8.26. The second-order valence-corrected chi connectivity index (χ2v) is 4.31. The lowest BCUT2D eigenvalue weighted by molar-refractivity contribution is -0.128. The van der Waals surface area contributed by atoms with Crippen molar-refractivity contribution in [2.45, 2.75) is 32.5 Å². The van der Waals surface area contributed by atoms with Crippen molar-refractivity contribution in [2.75, 3.05) is 33.2 Å². The molecule has 0 aromatic heterocycles. The van der Waals surface area contributed by atoms with Gasteiger partial charge in [-0.25, -0.2) is 0 Å². The largest absolute Gasteiger partial charge is 0.401 e. The van der Waals surface area contributed by atoms with E-state index in [-0.39, 0.29) is 6.54 Å². The van der Waals surface area contributed by atoms with Gasteiger partial charge in [-0.1, -0.05) is 6.92 Å². The van der Waals surface area contributed by atoms with Gasteiger partial charge in [-0.15, -0.1) is 0 Å². The van der Waals surface area contributed by atoms with Gasteiger partial charge in [0.25, 0.3) is 0 Å². The van der Waals surface area contributed by atoms with Crippen LogP contribution in [0.3, 0.4) is 0 Å². The van der Waals surface area contributed by atoms with E-state index >= 15 is 0 Å². The van der Waals surface area contributed by atoms with E-state index in [1.807, 2.05) is 12.4 Å². The highest BCUT2D eigenvalue weighted by Gasteiger charge is 2.26. The average molecular weight is 269 g/mol. The number of amides is 1. The average Bonchev–Trinajstić information content (AvgIpc) is 2.26. The van der Waals surface area contributed by atoms with Crippen molar-refractivity contribution >= 4 is 5.91 Å². The fraction of sp³-hybridized carbons (Fsp3) is 0.909. The Kier molecular flexibility index (Phi) is 7.93. The van der Waals surface area contributed by atoms with Crippen LogP contribution in [0.4, 0.5) is 13.2 Å². The molecule has 0 saturated heterocycles. The molecule has 1 atom stereocenters. The lowest BCUT2D eigenvalue weighted by atomic mass is 10.2. The highest BCUT2D eigenvalue weighted by molar-refractivity contribution is 5.77. The van der Waals surface area contributed by atoms with Crippen LogP contribution in [0.1, 0.15) is 20.3 Å². The summed E-state index contributed by atoms with van der Waals surface area (Å²) in [6.45, 7) is 3.81.